The van der Waals surface area contributed by atoms with Crippen LogP contribution in [0.4, 0.5) is 8.78 Å². The van der Waals surface area contributed by atoms with Gasteiger partial charge in [0.25, 0.3) is 0 Å². The Kier molecular flexibility index (Phi) is 3.58. The number of halogens is 3. The van der Waals surface area contributed by atoms with E-state index in [1.54, 1.807) is 18.2 Å². The molecule has 0 aliphatic heterocycles. The molecular formula is C13H6BrF2NO. The summed E-state index contributed by atoms with van der Waals surface area (Å²) in [5.41, 5.74) is 0.294. The van der Waals surface area contributed by atoms with Crippen molar-refractivity contribution in [3.63, 3.8) is 0 Å². The van der Waals surface area contributed by atoms with E-state index in [1.807, 2.05) is 6.07 Å². The molecule has 0 unspecified atom stereocenters. The Bertz CT molecular complexity index is 637. The molecule has 0 spiro atoms. The number of ether oxygens (including phenoxy) is 1. The zero-order valence-corrected chi connectivity index (χ0v) is 10.5. The van der Waals surface area contributed by atoms with Crippen LogP contribution in [-0.4, -0.2) is 0 Å². The van der Waals surface area contributed by atoms with Crippen molar-refractivity contribution in [2.45, 2.75) is 0 Å². The van der Waals surface area contributed by atoms with Gasteiger partial charge in [-0.25, -0.2) is 8.78 Å². The Morgan fingerprint density at radius 3 is 2.56 bits per heavy atom. The molecule has 2 nitrogen and oxygen atoms in total. The fraction of sp³-hybridized carbons (Fsp3) is 0. The standard InChI is InChI=1S/C13H6BrF2NO/c14-10-2-1-3-13(9(10)7-17)18-8-4-5-11(15)12(16)6-8/h1-6H. The Labute approximate surface area is 111 Å². The van der Waals surface area contributed by atoms with Crippen LogP contribution in [0, 0.1) is 23.0 Å². The summed E-state index contributed by atoms with van der Waals surface area (Å²) in [5, 5.41) is 8.98. The number of hydrogen-bond donors (Lipinski definition) is 0. The molecule has 0 radical (unpaired) electrons. The second-order valence-electron chi connectivity index (χ2n) is 3.40. The first kappa shape index (κ1) is 12.5. The van der Waals surface area contributed by atoms with Crippen molar-refractivity contribution in [3.8, 4) is 17.6 Å². The Morgan fingerprint density at radius 2 is 1.89 bits per heavy atom. The van der Waals surface area contributed by atoms with Gasteiger partial charge in [0.05, 0.1) is 0 Å². The van der Waals surface area contributed by atoms with E-state index in [0.717, 1.165) is 12.1 Å². The molecule has 0 saturated heterocycles. The predicted octanol–water partition coefficient (Wildman–Crippen LogP) is 4.39. The largest absolute Gasteiger partial charge is 0.456 e. The van der Waals surface area contributed by atoms with Crippen molar-refractivity contribution >= 4 is 15.9 Å². The lowest BCUT2D eigenvalue weighted by Crippen LogP contribution is -1.91. The van der Waals surface area contributed by atoms with Crippen LogP contribution in [-0.2, 0) is 0 Å². The fourth-order valence-corrected chi connectivity index (χ4v) is 1.80. The third kappa shape index (κ3) is 2.49. The van der Waals surface area contributed by atoms with E-state index in [9.17, 15) is 8.78 Å². The van der Waals surface area contributed by atoms with E-state index >= 15 is 0 Å². The van der Waals surface area contributed by atoms with Crippen molar-refractivity contribution in [1.82, 2.24) is 0 Å². The van der Waals surface area contributed by atoms with Gasteiger partial charge in [-0.05, 0) is 40.2 Å². The van der Waals surface area contributed by atoms with Crippen LogP contribution >= 0.6 is 15.9 Å². The van der Waals surface area contributed by atoms with E-state index in [2.05, 4.69) is 15.9 Å². The third-order valence-corrected chi connectivity index (χ3v) is 2.87. The summed E-state index contributed by atoms with van der Waals surface area (Å²) in [6.07, 6.45) is 0. The first-order valence-electron chi connectivity index (χ1n) is 4.93. The van der Waals surface area contributed by atoms with Crippen LogP contribution in [0.3, 0.4) is 0 Å². The average molecular weight is 310 g/mol. The number of nitriles is 1. The summed E-state index contributed by atoms with van der Waals surface area (Å²) in [7, 11) is 0. The van der Waals surface area contributed by atoms with Gasteiger partial charge in [0.15, 0.2) is 11.6 Å². The molecule has 0 N–H and O–H groups in total. The summed E-state index contributed by atoms with van der Waals surface area (Å²) in [6.45, 7) is 0. The van der Waals surface area contributed by atoms with Crippen molar-refractivity contribution < 1.29 is 13.5 Å². The SMILES string of the molecule is N#Cc1c(Br)cccc1Oc1ccc(F)c(F)c1. The normalized spacial score (nSPS) is 9.89. The molecule has 18 heavy (non-hydrogen) atoms. The lowest BCUT2D eigenvalue weighted by molar-refractivity contribution is 0.460. The van der Waals surface area contributed by atoms with Crippen LogP contribution in [0.2, 0.25) is 0 Å². The van der Waals surface area contributed by atoms with Crippen molar-refractivity contribution in [2.24, 2.45) is 0 Å². The molecule has 90 valence electrons. The van der Waals surface area contributed by atoms with Crippen molar-refractivity contribution in [2.75, 3.05) is 0 Å². The predicted molar refractivity (Wildman–Crippen MR) is 65.3 cm³/mol. The van der Waals surface area contributed by atoms with Gasteiger partial charge in [0.1, 0.15) is 23.1 Å². The van der Waals surface area contributed by atoms with Crippen LogP contribution in [0.1, 0.15) is 5.56 Å². The Morgan fingerprint density at radius 1 is 1.11 bits per heavy atom. The zero-order chi connectivity index (χ0) is 13.1. The van der Waals surface area contributed by atoms with Crippen LogP contribution in [0.15, 0.2) is 40.9 Å². The molecule has 0 fully saturated rings. The van der Waals surface area contributed by atoms with Gasteiger partial charge in [0, 0.05) is 10.5 Å². The maximum atomic E-state index is 13.0. The van der Waals surface area contributed by atoms with Gasteiger partial charge >= 0.3 is 0 Å². The molecule has 0 bridgehead atoms. The third-order valence-electron chi connectivity index (χ3n) is 2.21. The highest BCUT2D eigenvalue weighted by Gasteiger charge is 2.09. The molecule has 2 aromatic rings. The topological polar surface area (TPSA) is 33.0 Å². The first-order chi connectivity index (χ1) is 8.61. The Hall–Kier alpha value is -1.93. The highest BCUT2D eigenvalue weighted by molar-refractivity contribution is 9.10. The average Bonchev–Trinajstić information content (AvgIpc) is 2.34. The van der Waals surface area contributed by atoms with E-state index in [-0.39, 0.29) is 11.5 Å². The first-order valence-corrected chi connectivity index (χ1v) is 5.72. The quantitative estimate of drug-likeness (QED) is 0.824. The van der Waals surface area contributed by atoms with E-state index in [1.165, 1.54) is 6.07 Å². The maximum absolute atomic E-state index is 13.0. The summed E-state index contributed by atoms with van der Waals surface area (Å²) in [5.74, 6) is -1.54. The van der Waals surface area contributed by atoms with Gasteiger partial charge < -0.3 is 4.74 Å². The van der Waals surface area contributed by atoms with Gasteiger partial charge in [-0.1, -0.05) is 6.07 Å². The molecule has 0 amide bonds. The number of hydrogen-bond acceptors (Lipinski definition) is 2. The van der Waals surface area contributed by atoms with Gasteiger partial charge in [-0.3, -0.25) is 0 Å². The zero-order valence-electron chi connectivity index (χ0n) is 8.95. The molecular weight excluding hydrogens is 304 g/mol. The number of rotatable bonds is 2. The minimum atomic E-state index is -0.999. The lowest BCUT2D eigenvalue weighted by Gasteiger charge is -2.08. The highest BCUT2D eigenvalue weighted by Crippen LogP contribution is 2.30. The Balaban J connectivity index is 2.37. The summed E-state index contributed by atoms with van der Waals surface area (Å²) in [4.78, 5) is 0. The van der Waals surface area contributed by atoms with Crippen LogP contribution in [0.5, 0.6) is 11.5 Å². The maximum Gasteiger partial charge on any atom is 0.162 e. The van der Waals surface area contributed by atoms with E-state index in [0.29, 0.717) is 10.0 Å². The summed E-state index contributed by atoms with van der Waals surface area (Å²) < 4.78 is 31.7. The molecule has 0 aromatic heterocycles. The molecule has 2 aromatic carbocycles. The van der Waals surface area contributed by atoms with Gasteiger partial charge in [-0.2, -0.15) is 5.26 Å². The van der Waals surface area contributed by atoms with Gasteiger partial charge in [-0.15, -0.1) is 0 Å². The van der Waals surface area contributed by atoms with Crippen LogP contribution < -0.4 is 4.74 Å². The molecule has 2 rings (SSSR count). The smallest absolute Gasteiger partial charge is 0.162 e. The highest BCUT2D eigenvalue weighted by atomic mass is 79.9. The van der Waals surface area contributed by atoms with Crippen LogP contribution in [0.25, 0.3) is 0 Å². The lowest BCUT2D eigenvalue weighted by atomic mass is 10.2. The monoisotopic (exact) mass is 309 g/mol. The van der Waals surface area contributed by atoms with Gasteiger partial charge in [0.2, 0.25) is 0 Å². The molecule has 0 heterocycles. The second kappa shape index (κ2) is 5.15. The summed E-state index contributed by atoms with van der Waals surface area (Å²) >= 11 is 3.21. The molecule has 0 aliphatic carbocycles. The van der Waals surface area contributed by atoms with Crippen molar-refractivity contribution in [3.05, 3.63) is 58.1 Å². The minimum Gasteiger partial charge on any atom is -0.456 e. The fourth-order valence-electron chi connectivity index (χ4n) is 1.37. The van der Waals surface area contributed by atoms with E-state index < -0.39 is 11.6 Å². The minimum absolute atomic E-state index is 0.128. The molecule has 5 heteroatoms. The van der Waals surface area contributed by atoms with Crippen molar-refractivity contribution in [1.29, 1.82) is 5.26 Å². The second-order valence-corrected chi connectivity index (χ2v) is 4.26. The molecule has 0 saturated carbocycles. The molecule has 0 aliphatic rings. The summed E-state index contributed by atoms with van der Waals surface area (Å²) in [6, 6.07) is 10.1. The van der Waals surface area contributed by atoms with E-state index in [4.69, 9.17) is 10.00 Å². The number of benzene rings is 2. The number of nitrogens with zero attached hydrogens (tertiary/aromatic N) is 1. The molecule has 0 atom stereocenters.